The van der Waals surface area contributed by atoms with E-state index in [1.54, 1.807) is 14.2 Å². The third-order valence-corrected chi connectivity index (χ3v) is 4.19. The second-order valence-electron chi connectivity index (χ2n) is 6.60. The highest BCUT2D eigenvalue weighted by Crippen LogP contribution is 2.27. The van der Waals surface area contributed by atoms with Crippen LogP contribution < -0.4 is 15.2 Å². The molecule has 0 aliphatic rings. The van der Waals surface area contributed by atoms with Crippen molar-refractivity contribution < 1.29 is 29.4 Å². The first-order chi connectivity index (χ1) is 13.2. The number of nitrogens with zero attached hydrogens (tertiary/aromatic N) is 1. The molecule has 8 nitrogen and oxygen atoms in total. The molecule has 0 radical (unpaired) electrons. The van der Waals surface area contributed by atoms with Gasteiger partial charge >= 0.3 is 13.1 Å². The molecule has 5 N–H and O–H groups in total. The summed E-state index contributed by atoms with van der Waals surface area (Å²) in [5, 5.41) is 25.2. The minimum atomic E-state index is -1.10. The van der Waals surface area contributed by atoms with Gasteiger partial charge in [0, 0.05) is 6.54 Å². The number of carboxylic acid groups (broad SMARTS) is 1. The molecule has 1 atom stereocenters. The van der Waals surface area contributed by atoms with Crippen LogP contribution in [0.15, 0.2) is 18.2 Å². The average Bonchev–Trinajstić information content (AvgIpc) is 2.68. The number of unbranched alkanes of at least 4 members (excludes halogenated alkanes) is 1. The number of benzene rings is 1. The lowest BCUT2D eigenvalue weighted by Gasteiger charge is -2.18. The van der Waals surface area contributed by atoms with Crippen LogP contribution >= 0.6 is 0 Å². The summed E-state index contributed by atoms with van der Waals surface area (Å²) in [7, 11) is 4.08. The number of nitrogens with two attached hydrogens (primary N) is 1. The van der Waals surface area contributed by atoms with Gasteiger partial charge in [0.25, 0.3) is 0 Å². The van der Waals surface area contributed by atoms with Gasteiger partial charge < -0.3 is 35.3 Å². The van der Waals surface area contributed by atoms with Crippen molar-refractivity contribution in [3.8, 4) is 11.5 Å². The van der Waals surface area contributed by atoms with Crippen LogP contribution in [0.2, 0.25) is 6.32 Å². The van der Waals surface area contributed by atoms with Crippen molar-refractivity contribution in [2.45, 2.75) is 45.0 Å². The molecule has 0 unspecified atom stereocenters. The first-order valence-electron chi connectivity index (χ1n) is 9.49. The lowest BCUT2D eigenvalue weighted by Crippen LogP contribution is -2.34. The number of hydrogen-bond donors (Lipinski definition) is 4. The molecule has 0 spiro atoms. The Morgan fingerprint density at radius 3 is 2.32 bits per heavy atom. The number of carboxylic acids is 1. The maximum Gasteiger partial charge on any atom is 0.451 e. The first-order valence-corrected chi connectivity index (χ1v) is 9.49. The number of hydrogen-bond acceptors (Lipinski definition) is 7. The maximum atomic E-state index is 10.7. The Bertz CT molecular complexity index is 559. The number of aliphatic carboxylic acids is 1. The molecule has 1 aromatic rings. The summed E-state index contributed by atoms with van der Waals surface area (Å²) < 4.78 is 10.5. The molecule has 1 rings (SSSR count). The Labute approximate surface area is 168 Å². The summed E-state index contributed by atoms with van der Waals surface area (Å²) in [6.07, 6.45) is 3.72. The molecule has 0 aliphatic carbocycles. The van der Waals surface area contributed by atoms with Gasteiger partial charge in [-0.2, -0.15) is 0 Å². The van der Waals surface area contributed by atoms with Gasteiger partial charge in [-0.05, 0) is 50.5 Å². The second-order valence-corrected chi connectivity index (χ2v) is 6.60. The molecular weight excluding hydrogens is 363 g/mol. The van der Waals surface area contributed by atoms with E-state index in [9.17, 15) is 4.79 Å². The smallest absolute Gasteiger partial charge is 0.451 e. The zero-order chi connectivity index (χ0) is 21.5. The molecular formula is C19H35BN2O6. The molecule has 0 saturated heterocycles. The fourth-order valence-electron chi connectivity index (χ4n) is 2.34. The minimum Gasteiger partial charge on any atom is -0.493 e. The van der Waals surface area contributed by atoms with E-state index < -0.39 is 19.1 Å². The van der Waals surface area contributed by atoms with E-state index in [1.165, 1.54) is 0 Å². The van der Waals surface area contributed by atoms with Crippen molar-refractivity contribution in [1.82, 2.24) is 4.90 Å². The largest absolute Gasteiger partial charge is 0.493 e. The van der Waals surface area contributed by atoms with Crippen LogP contribution in [0, 0.1) is 0 Å². The van der Waals surface area contributed by atoms with Crippen LogP contribution in [0.4, 0.5) is 0 Å². The van der Waals surface area contributed by atoms with Crippen LogP contribution in [0.25, 0.3) is 0 Å². The van der Waals surface area contributed by atoms with E-state index in [2.05, 4.69) is 4.90 Å². The minimum absolute atomic E-state index is 0.442. The van der Waals surface area contributed by atoms with Crippen molar-refractivity contribution >= 4 is 13.1 Å². The van der Waals surface area contributed by atoms with Gasteiger partial charge in [-0.1, -0.05) is 25.8 Å². The second kappa shape index (κ2) is 15.2. The fourth-order valence-corrected chi connectivity index (χ4v) is 2.34. The van der Waals surface area contributed by atoms with Gasteiger partial charge in [0.05, 0.1) is 14.2 Å². The van der Waals surface area contributed by atoms with E-state index in [4.69, 9.17) is 30.4 Å². The standard InChI is InChI=1S/C15H24N2O4.C4H11BO2/c1-17(9-7-12(16)15(18)19)8-6-11-4-5-13(20-2)14(10-11)21-3;1-2-3-4-5(6)7/h4-5,10,12H,6-9,16H2,1-3H3,(H,18,19);6-7H,2-4H2,1H3/t12-;/m1./s1. The Hall–Kier alpha value is -1.81. The van der Waals surface area contributed by atoms with Crippen molar-refractivity contribution in [2.24, 2.45) is 5.73 Å². The number of ether oxygens (including phenoxy) is 2. The van der Waals surface area contributed by atoms with Gasteiger partial charge in [0.15, 0.2) is 11.5 Å². The summed E-state index contributed by atoms with van der Waals surface area (Å²) in [5.74, 6) is 0.468. The summed E-state index contributed by atoms with van der Waals surface area (Å²) in [5.41, 5.74) is 6.63. The molecule has 0 heterocycles. The van der Waals surface area contributed by atoms with Gasteiger partial charge in [0.1, 0.15) is 6.04 Å². The van der Waals surface area contributed by atoms with Crippen LogP contribution in [-0.4, -0.2) is 73.5 Å². The Kier molecular flexibility index (Phi) is 14.2. The van der Waals surface area contributed by atoms with Gasteiger partial charge in [-0.3, -0.25) is 4.79 Å². The highest BCUT2D eigenvalue weighted by Gasteiger charge is 2.12. The quantitative estimate of drug-likeness (QED) is 0.388. The molecule has 0 fully saturated rings. The normalized spacial score (nSPS) is 11.4. The average molecular weight is 398 g/mol. The lowest BCUT2D eigenvalue weighted by atomic mass is 9.84. The Morgan fingerprint density at radius 1 is 1.21 bits per heavy atom. The van der Waals surface area contributed by atoms with E-state index in [0.29, 0.717) is 30.8 Å². The molecule has 0 amide bonds. The van der Waals surface area contributed by atoms with Gasteiger partial charge in [0.2, 0.25) is 0 Å². The van der Waals surface area contributed by atoms with Gasteiger partial charge in [-0.15, -0.1) is 0 Å². The SMILES string of the molecule is CCCCB(O)O.COc1ccc(CCN(C)CC[C@@H](N)C(=O)O)cc1OC. The van der Waals surface area contributed by atoms with E-state index in [1.807, 2.05) is 32.2 Å². The van der Waals surface area contributed by atoms with Gasteiger partial charge in [-0.25, -0.2) is 0 Å². The summed E-state index contributed by atoms with van der Waals surface area (Å²) in [4.78, 5) is 12.7. The summed E-state index contributed by atoms with van der Waals surface area (Å²) in [6.45, 7) is 3.49. The zero-order valence-corrected chi connectivity index (χ0v) is 17.4. The van der Waals surface area contributed by atoms with E-state index >= 15 is 0 Å². The van der Waals surface area contributed by atoms with Crippen LogP contribution in [0.1, 0.15) is 31.7 Å². The van der Waals surface area contributed by atoms with Crippen molar-refractivity contribution in [2.75, 3.05) is 34.4 Å². The van der Waals surface area contributed by atoms with Crippen LogP contribution in [0.3, 0.4) is 0 Å². The zero-order valence-electron chi connectivity index (χ0n) is 17.4. The van der Waals surface area contributed by atoms with E-state index in [0.717, 1.165) is 31.4 Å². The number of methoxy groups -OCH3 is 2. The van der Waals surface area contributed by atoms with Crippen LogP contribution in [0.5, 0.6) is 11.5 Å². The highest BCUT2D eigenvalue weighted by molar-refractivity contribution is 6.40. The molecule has 0 saturated carbocycles. The van der Waals surface area contributed by atoms with Crippen LogP contribution in [-0.2, 0) is 11.2 Å². The van der Waals surface area contributed by atoms with Crippen molar-refractivity contribution in [3.05, 3.63) is 23.8 Å². The summed E-state index contributed by atoms with van der Waals surface area (Å²) in [6, 6.07) is 5.04. The van der Waals surface area contributed by atoms with Crippen molar-refractivity contribution in [1.29, 1.82) is 0 Å². The number of likely N-dealkylation sites (N-methyl/N-ethyl adjacent to an activating group) is 1. The Morgan fingerprint density at radius 2 is 1.86 bits per heavy atom. The molecule has 1 aromatic carbocycles. The molecule has 0 aromatic heterocycles. The monoisotopic (exact) mass is 398 g/mol. The highest BCUT2D eigenvalue weighted by atomic mass is 16.5. The van der Waals surface area contributed by atoms with Crippen molar-refractivity contribution in [3.63, 3.8) is 0 Å². The number of rotatable bonds is 12. The fraction of sp³-hybridized carbons (Fsp3) is 0.632. The lowest BCUT2D eigenvalue weighted by molar-refractivity contribution is -0.138. The third-order valence-electron chi connectivity index (χ3n) is 4.19. The number of carbonyl (C=O) groups is 1. The third kappa shape index (κ3) is 11.8. The molecule has 0 aliphatic heterocycles. The predicted molar refractivity (Wildman–Crippen MR) is 111 cm³/mol. The summed E-state index contributed by atoms with van der Waals surface area (Å²) >= 11 is 0. The topological polar surface area (TPSA) is 125 Å². The molecule has 28 heavy (non-hydrogen) atoms. The van der Waals surface area contributed by atoms with E-state index in [-0.39, 0.29) is 0 Å². The molecule has 160 valence electrons. The Balaban J connectivity index is 0.000000887. The molecule has 9 heteroatoms. The first kappa shape index (κ1) is 26.2. The predicted octanol–water partition coefficient (Wildman–Crippen LogP) is 1.24. The molecule has 0 bridgehead atoms. The maximum absolute atomic E-state index is 10.7.